The molecule has 29 heavy (non-hydrogen) atoms. The molecule has 3 aromatic rings. The van der Waals surface area contributed by atoms with Gasteiger partial charge in [-0.3, -0.25) is 9.69 Å². The summed E-state index contributed by atoms with van der Waals surface area (Å²) in [5.41, 5.74) is 4.98. The van der Waals surface area contributed by atoms with E-state index in [2.05, 4.69) is 66.4 Å². The highest BCUT2D eigenvalue weighted by molar-refractivity contribution is 5.78. The number of hydrogen-bond acceptors (Lipinski definition) is 2. The van der Waals surface area contributed by atoms with Gasteiger partial charge in [-0.05, 0) is 23.6 Å². The van der Waals surface area contributed by atoms with Crippen LogP contribution in [0.3, 0.4) is 0 Å². The van der Waals surface area contributed by atoms with Crippen molar-refractivity contribution in [2.45, 2.75) is 19.4 Å². The van der Waals surface area contributed by atoms with Crippen LogP contribution in [0.4, 0.5) is 0 Å². The first-order chi connectivity index (χ1) is 14.2. The standard InChI is InChI=1S/C26H28N2O/c1-21-12-14-24(15-13-21)26(23-10-6-3-7-11-23)28-18-16-27(17-19-28)25(29)20-22-8-4-2-5-9-22/h2-15,26H,16-20H2,1H3. The average Bonchev–Trinajstić information content (AvgIpc) is 2.77. The lowest BCUT2D eigenvalue weighted by Gasteiger charge is -2.40. The number of hydrogen-bond donors (Lipinski definition) is 0. The number of piperazine rings is 1. The van der Waals surface area contributed by atoms with Gasteiger partial charge in [-0.1, -0.05) is 90.5 Å². The summed E-state index contributed by atoms with van der Waals surface area (Å²) in [7, 11) is 0. The molecule has 1 unspecified atom stereocenters. The third-order valence-corrected chi connectivity index (χ3v) is 5.74. The lowest BCUT2D eigenvalue weighted by Crippen LogP contribution is -2.50. The van der Waals surface area contributed by atoms with Crippen molar-refractivity contribution in [1.82, 2.24) is 9.80 Å². The molecule has 3 heteroatoms. The Labute approximate surface area is 173 Å². The summed E-state index contributed by atoms with van der Waals surface area (Å²) in [6.07, 6.45) is 0.487. The molecule has 1 saturated heterocycles. The second-order valence-electron chi connectivity index (χ2n) is 7.80. The highest BCUT2D eigenvalue weighted by atomic mass is 16.2. The van der Waals surface area contributed by atoms with Crippen molar-refractivity contribution >= 4 is 5.91 Å². The summed E-state index contributed by atoms with van der Waals surface area (Å²) in [6.45, 7) is 5.45. The summed E-state index contributed by atoms with van der Waals surface area (Å²) in [4.78, 5) is 17.2. The number of carbonyl (C=O) groups excluding carboxylic acids is 1. The molecule has 4 rings (SSSR count). The van der Waals surface area contributed by atoms with E-state index in [9.17, 15) is 4.79 Å². The van der Waals surface area contributed by atoms with E-state index < -0.39 is 0 Å². The van der Waals surface area contributed by atoms with Crippen LogP contribution in [0.15, 0.2) is 84.9 Å². The van der Waals surface area contributed by atoms with Crippen LogP contribution in [0.1, 0.15) is 28.3 Å². The minimum Gasteiger partial charge on any atom is -0.340 e. The molecule has 0 aromatic heterocycles. The van der Waals surface area contributed by atoms with Gasteiger partial charge in [0.1, 0.15) is 0 Å². The Hall–Kier alpha value is -2.91. The maximum absolute atomic E-state index is 12.7. The van der Waals surface area contributed by atoms with E-state index in [1.807, 2.05) is 35.2 Å². The smallest absolute Gasteiger partial charge is 0.227 e. The van der Waals surface area contributed by atoms with Gasteiger partial charge < -0.3 is 4.90 Å². The van der Waals surface area contributed by atoms with Crippen LogP contribution in [0, 0.1) is 6.92 Å². The molecule has 1 amide bonds. The summed E-state index contributed by atoms with van der Waals surface area (Å²) in [6, 6.07) is 29.8. The maximum atomic E-state index is 12.7. The lowest BCUT2D eigenvalue weighted by atomic mass is 9.95. The van der Waals surface area contributed by atoms with Gasteiger partial charge in [-0.15, -0.1) is 0 Å². The number of benzene rings is 3. The van der Waals surface area contributed by atoms with Gasteiger partial charge in [-0.25, -0.2) is 0 Å². The molecular weight excluding hydrogens is 356 g/mol. The molecule has 1 atom stereocenters. The van der Waals surface area contributed by atoms with E-state index in [4.69, 9.17) is 0 Å². The number of rotatable bonds is 5. The topological polar surface area (TPSA) is 23.6 Å². The largest absolute Gasteiger partial charge is 0.340 e. The van der Waals surface area contributed by atoms with Gasteiger partial charge in [0, 0.05) is 26.2 Å². The molecule has 1 fully saturated rings. The molecule has 0 spiro atoms. The van der Waals surface area contributed by atoms with E-state index in [1.165, 1.54) is 16.7 Å². The van der Waals surface area contributed by atoms with Gasteiger partial charge in [0.15, 0.2) is 0 Å². The van der Waals surface area contributed by atoms with Crippen LogP contribution in [0.2, 0.25) is 0 Å². The first kappa shape index (κ1) is 19.4. The van der Waals surface area contributed by atoms with Gasteiger partial charge >= 0.3 is 0 Å². The third-order valence-electron chi connectivity index (χ3n) is 5.74. The SMILES string of the molecule is Cc1ccc(C(c2ccccc2)N2CCN(C(=O)Cc3ccccc3)CC2)cc1. The van der Waals surface area contributed by atoms with E-state index in [-0.39, 0.29) is 11.9 Å². The van der Waals surface area contributed by atoms with Crippen molar-refractivity contribution < 1.29 is 4.79 Å². The first-order valence-electron chi connectivity index (χ1n) is 10.4. The van der Waals surface area contributed by atoms with Crippen molar-refractivity contribution in [2.75, 3.05) is 26.2 Å². The van der Waals surface area contributed by atoms with Gasteiger partial charge in [0.2, 0.25) is 5.91 Å². The molecule has 3 aromatic carbocycles. The summed E-state index contributed by atoms with van der Waals surface area (Å²) in [5.74, 6) is 0.224. The van der Waals surface area contributed by atoms with Crippen LogP contribution in [-0.2, 0) is 11.2 Å². The Morgan fingerprint density at radius 2 is 1.31 bits per heavy atom. The fraction of sp³-hybridized carbons (Fsp3) is 0.269. The molecule has 3 nitrogen and oxygen atoms in total. The third kappa shape index (κ3) is 4.75. The second-order valence-corrected chi connectivity index (χ2v) is 7.80. The van der Waals surface area contributed by atoms with Crippen LogP contribution in [0.25, 0.3) is 0 Å². The summed E-state index contributed by atoms with van der Waals surface area (Å²) < 4.78 is 0. The molecular formula is C26H28N2O. The number of amides is 1. The molecule has 0 radical (unpaired) electrons. The molecule has 0 saturated carbocycles. The maximum Gasteiger partial charge on any atom is 0.227 e. The minimum absolute atomic E-state index is 0.224. The highest BCUT2D eigenvalue weighted by Gasteiger charge is 2.28. The van der Waals surface area contributed by atoms with Gasteiger partial charge in [0.25, 0.3) is 0 Å². The predicted octanol–water partition coefficient (Wildman–Crippen LogP) is 4.47. The Morgan fingerprint density at radius 3 is 1.93 bits per heavy atom. The normalized spacial score (nSPS) is 15.8. The van der Waals surface area contributed by atoms with Crippen LogP contribution in [0.5, 0.6) is 0 Å². The van der Waals surface area contributed by atoms with E-state index in [1.54, 1.807) is 0 Å². The average molecular weight is 385 g/mol. The van der Waals surface area contributed by atoms with Crippen LogP contribution in [-0.4, -0.2) is 41.9 Å². The number of carbonyl (C=O) groups is 1. The number of aryl methyl sites for hydroxylation is 1. The predicted molar refractivity (Wildman–Crippen MR) is 118 cm³/mol. The monoisotopic (exact) mass is 384 g/mol. The van der Waals surface area contributed by atoms with E-state index in [0.717, 1.165) is 31.7 Å². The Morgan fingerprint density at radius 1 is 0.759 bits per heavy atom. The first-order valence-corrected chi connectivity index (χ1v) is 10.4. The zero-order valence-electron chi connectivity index (χ0n) is 17.0. The van der Waals surface area contributed by atoms with Gasteiger partial charge in [-0.2, -0.15) is 0 Å². The molecule has 148 valence electrons. The van der Waals surface area contributed by atoms with Crippen molar-refractivity contribution in [3.8, 4) is 0 Å². The van der Waals surface area contributed by atoms with Crippen molar-refractivity contribution in [3.63, 3.8) is 0 Å². The Bertz CT molecular complexity index is 914. The summed E-state index contributed by atoms with van der Waals surface area (Å²) in [5, 5.41) is 0. The van der Waals surface area contributed by atoms with Crippen LogP contribution < -0.4 is 0 Å². The Balaban J connectivity index is 1.47. The molecule has 1 aliphatic heterocycles. The minimum atomic E-state index is 0.224. The zero-order valence-corrected chi connectivity index (χ0v) is 17.0. The van der Waals surface area contributed by atoms with Crippen LogP contribution >= 0.6 is 0 Å². The van der Waals surface area contributed by atoms with Crippen molar-refractivity contribution in [2.24, 2.45) is 0 Å². The second kappa shape index (κ2) is 9.06. The number of nitrogens with zero attached hydrogens (tertiary/aromatic N) is 2. The quantitative estimate of drug-likeness (QED) is 0.648. The molecule has 0 N–H and O–H groups in total. The fourth-order valence-electron chi connectivity index (χ4n) is 4.11. The lowest BCUT2D eigenvalue weighted by molar-refractivity contribution is -0.132. The fourth-order valence-corrected chi connectivity index (χ4v) is 4.11. The summed E-state index contributed by atoms with van der Waals surface area (Å²) >= 11 is 0. The highest BCUT2D eigenvalue weighted by Crippen LogP contribution is 2.29. The molecule has 1 heterocycles. The molecule has 1 aliphatic rings. The van der Waals surface area contributed by atoms with Gasteiger partial charge in [0.05, 0.1) is 12.5 Å². The molecule has 0 bridgehead atoms. The van der Waals surface area contributed by atoms with E-state index in [0.29, 0.717) is 6.42 Å². The van der Waals surface area contributed by atoms with Crippen molar-refractivity contribution in [3.05, 3.63) is 107 Å². The zero-order chi connectivity index (χ0) is 20.1. The Kier molecular flexibility index (Phi) is 6.06. The molecule has 0 aliphatic carbocycles. The van der Waals surface area contributed by atoms with Crippen molar-refractivity contribution in [1.29, 1.82) is 0 Å². The van der Waals surface area contributed by atoms with E-state index >= 15 is 0 Å².